The van der Waals surface area contributed by atoms with Crippen LogP contribution in [0.3, 0.4) is 0 Å². The van der Waals surface area contributed by atoms with Crippen LogP contribution in [0.5, 0.6) is 0 Å². The van der Waals surface area contributed by atoms with Gasteiger partial charge in [0, 0.05) is 25.9 Å². The van der Waals surface area contributed by atoms with Crippen LogP contribution in [-0.2, 0) is 19.1 Å². The van der Waals surface area contributed by atoms with Crippen LogP contribution >= 0.6 is 0 Å². The Kier molecular flexibility index (Phi) is 37.9. The number of aliphatic imine (C=N–C) groups is 1. The lowest BCUT2D eigenvalue weighted by molar-refractivity contribution is -0.150. The monoisotopic (exact) mass is 776 g/mol. The lowest BCUT2D eigenvalue weighted by Gasteiger charge is -2.23. The molecule has 324 valence electrons. The summed E-state index contributed by atoms with van der Waals surface area (Å²) in [7, 11) is 0. The van der Waals surface area contributed by atoms with Gasteiger partial charge in [-0.3, -0.25) is 14.6 Å². The van der Waals surface area contributed by atoms with Crippen LogP contribution in [0.15, 0.2) is 4.99 Å². The van der Waals surface area contributed by atoms with Gasteiger partial charge < -0.3 is 19.3 Å². The number of unbranched alkanes of at least 4 members (excludes halogenated alkanes) is 24. The van der Waals surface area contributed by atoms with E-state index in [4.69, 9.17) is 9.47 Å². The maximum absolute atomic E-state index is 12.8. The Bertz CT molecular complexity index is 852. The summed E-state index contributed by atoms with van der Waals surface area (Å²) in [5.41, 5.74) is 0. The van der Waals surface area contributed by atoms with Crippen molar-refractivity contribution < 1.29 is 19.1 Å². The Morgan fingerprint density at radius 1 is 0.545 bits per heavy atom. The first kappa shape index (κ1) is 51.4. The minimum atomic E-state index is -0.0156. The first-order chi connectivity index (χ1) is 27.1. The second-order valence-corrected chi connectivity index (χ2v) is 16.9. The standard InChI is InChI=1S/C48H93N3O4/c1-4-7-10-13-16-17-18-24-32-44-54-47(52)36-29-25-31-40-50(41-33-42-51-43-38-49-45-51)39-30-23-19-22-28-37-48(53)55-46(34-26-20-14-11-8-5-2)35-27-21-15-12-9-6-3/h45-46H,4-44H2,1-3H3. The Hall–Kier alpha value is -1.63. The lowest BCUT2D eigenvalue weighted by atomic mass is 10.0. The van der Waals surface area contributed by atoms with Gasteiger partial charge in [0.15, 0.2) is 0 Å². The second kappa shape index (κ2) is 40.6. The molecule has 0 aromatic heterocycles. The fraction of sp³-hybridized carbons (Fsp3) is 0.938. The van der Waals surface area contributed by atoms with Gasteiger partial charge in [0.2, 0.25) is 0 Å². The third-order valence-corrected chi connectivity index (χ3v) is 11.5. The quantitative estimate of drug-likeness (QED) is 0.0454. The maximum Gasteiger partial charge on any atom is 0.306 e. The fourth-order valence-corrected chi connectivity index (χ4v) is 7.82. The zero-order valence-electron chi connectivity index (χ0n) is 37.1. The summed E-state index contributed by atoms with van der Waals surface area (Å²) in [4.78, 5) is 34.4. The zero-order chi connectivity index (χ0) is 39.7. The first-order valence-corrected chi connectivity index (χ1v) is 24.4. The predicted molar refractivity (Wildman–Crippen MR) is 236 cm³/mol. The minimum Gasteiger partial charge on any atom is -0.466 e. The molecule has 0 aliphatic carbocycles. The third kappa shape index (κ3) is 35.3. The normalized spacial score (nSPS) is 12.8. The van der Waals surface area contributed by atoms with Gasteiger partial charge in [0.25, 0.3) is 0 Å². The summed E-state index contributed by atoms with van der Waals surface area (Å²) in [6, 6.07) is 0. The molecule has 0 spiro atoms. The average molecular weight is 776 g/mol. The highest BCUT2D eigenvalue weighted by molar-refractivity contribution is 5.69. The summed E-state index contributed by atoms with van der Waals surface area (Å²) in [6.07, 6.45) is 42.3. The summed E-state index contributed by atoms with van der Waals surface area (Å²) in [6.45, 7) is 13.8. The average Bonchev–Trinajstić information content (AvgIpc) is 3.71. The highest BCUT2D eigenvalue weighted by Gasteiger charge is 2.15. The molecule has 0 radical (unpaired) electrons. The van der Waals surface area contributed by atoms with E-state index in [0.717, 1.165) is 97.1 Å². The predicted octanol–water partition coefficient (Wildman–Crippen LogP) is 13.4. The number of hydrogen-bond acceptors (Lipinski definition) is 7. The number of rotatable bonds is 43. The SMILES string of the molecule is CCCCCCCCCCCOC(=O)CCCCCN(CCCCCCCC(=O)OC(CCCCCCCC)CCCCCCCC)CCCN1C=NCC1. The van der Waals surface area contributed by atoms with Crippen LogP contribution in [0.4, 0.5) is 0 Å². The molecule has 0 saturated heterocycles. The van der Waals surface area contributed by atoms with Gasteiger partial charge in [-0.15, -0.1) is 0 Å². The van der Waals surface area contributed by atoms with Gasteiger partial charge >= 0.3 is 11.9 Å². The lowest BCUT2D eigenvalue weighted by Crippen LogP contribution is -2.30. The summed E-state index contributed by atoms with van der Waals surface area (Å²) in [5.74, 6) is 0.0152. The molecule has 0 bridgehead atoms. The first-order valence-electron chi connectivity index (χ1n) is 24.4. The van der Waals surface area contributed by atoms with Gasteiger partial charge in [-0.2, -0.15) is 0 Å². The molecule has 0 unspecified atom stereocenters. The molecule has 0 aromatic rings. The van der Waals surface area contributed by atoms with E-state index >= 15 is 0 Å². The van der Waals surface area contributed by atoms with Crippen LogP contribution in [0.25, 0.3) is 0 Å². The summed E-state index contributed by atoms with van der Waals surface area (Å²) >= 11 is 0. The molecule has 0 atom stereocenters. The van der Waals surface area contributed by atoms with Gasteiger partial charge in [0.05, 0.1) is 19.5 Å². The molecule has 0 saturated carbocycles. The highest BCUT2D eigenvalue weighted by atomic mass is 16.5. The van der Waals surface area contributed by atoms with Gasteiger partial charge in [0.1, 0.15) is 6.10 Å². The number of ether oxygens (including phenoxy) is 2. The Balaban J connectivity index is 2.24. The number of carbonyl (C=O) groups is 2. The van der Waals surface area contributed by atoms with Crippen LogP contribution < -0.4 is 0 Å². The maximum atomic E-state index is 12.8. The third-order valence-electron chi connectivity index (χ3n) is 11.5. The summed E-state index contributed by atoms with van der Waals surface area (Å²) < 4.78 is 11.6. The van der Waals surface area contributed by atoms with E-state index < -0.39 is 0 Å². The molecule has 7 nitrogen and oxygen atoms in total. The minimum absolute atomic E-state index is 0.0156. The molecule has 55 heavy (non-hydrogen) atoms. The van der Waals surface area contributed by atoms with E-state index in [0.29, 0.717) is 19.4 Å². The molecule has 1 aliphatic heterocycles. The van der Waals surface area contributed by atoms with Crippen molar-refractivity contribution in [2.24, 2.45) is 4.99 Å². The Morgan fingerprint density at radius 2 is 0.982 bits per heavy atom. The van der Waals surface area contributed by atoms with Crippen molar-refractivity contribution in [3.8, 4) is 0 Å². The van der Waals surface area contributed by atoms with Crippen LogP contribution in [0, 0.1) is 0 Å². The molecule has 1 heterocycles. The molecule has 7 heteroatoms. The van der Waals surface area contributed by atoms with Crippen molar-refractivity contribution in [2.75, 3.05) is 45.9 Å². The van der Waals surface area contributed by atoms with Crippen molar-refractivity contribution >= 4 is 18.3 Å². The van der Waals surface area contributed by atoms with Crippen LogP contribution in [-0.4, -0.2) is 80.1 Å². The van der Waals surface area contributed by atoms with Crippen LogP contribution in [0.2, 0.25) is 0 Å². The van der Waals surface area contributed by atoms with E-state index in [2.05, 4.69) is 35.6 Å². The molecular weight excluding hydrogens is 683 g/mol. The van der Waals surface area contributed by atoms with Gasteiger partial charge in [-0.1, -0.05) is 162 Å². The van der Waals surface area contributed by atoms with Crippen molar-refractivity contribution in [1.82, 2.24) is 9.80 Å². The number of nitrogens with zero attached hydrogens (tertiary/aromatic N) is 3. The van der Waals surface area contributed by atoms with Crippen molar-refractivity contribution in [3.63, 3.8) is 0 Å². The summed E-state index contributed by atoms with van der Waals surface area (Å²) in [5, 5.41) is 0. The smallest absolute Gasteiger partial charge is 0.306 e. The molecule has 1 rings (SSSR count). The fourth-order valence-electron chi connectivity index (χ4n) is 7.82. The van der Waals surface area contributed by atoms with Crippen molar-refractivity contribution in [3.05, 3.63) is 0 Å². The highest BCUT2D eigenvalue weighted by Crippen LogP contribution is 2.19. The van der Waals surface area contributed by atoms with Crippen LogP contribution in [0.1, 0.15) is 239 Å². The van der Waals surface area contributed by atoms with E-state index in [-0.39, 0.29) is 18.0 Å². The van der Waals surface area contributed by atoms with Crippen molar-refractivity contribution in [1.29, 1.82) is 0 Å². The van der Waals surface area contributed by atoms with E-state index in [9.17, 15) is 9.59 Å². The molecule has 1 aliphatic rings. The molecule has 0 aromatic carbocycles. The zero-order valence-corrected chi connectivity index (χ0v) is 37.1. The van der Waals surface area contributed by atoms with Gasteiger partial charge in [-0.05, 0) is 83.8 Å². The largest absolute Gasteiger partial charge is 0.466 e. The second-order valence-electron chi connectivity index (χ2n) is 16.9. The molecule has 0 amide bonds. The Morgan fingerprint density at radius 3 is 1.51 bits per heavy atom. The van der Waals surface area contributed by atoms with E-state index in [1.54, 1.807) is 0 Å². The number of carbonyl (C=O) groups excluding carboxylic acids is 2. The van der Waals surface area contributed by atoms with E-state index in [1.165, 1.54) is 148 Å². The molecule has 0 N–H and O–H groups in total. The molecule has 0 fully saturated rings. The Labute approximate surface area is 342 Å². The number of hydrogen-bond donors (Lipinski definition) is 0. The topological polar surface area (TPSA) is 71.4 Å². The van der Waals surface area contributed by atoms with Crippen molar-refractivity contribution in [2.45, 2.75) is 245 Å². The van der Waals surface area contributed by atoms with E-state index in [1.807, 2.05) is 6.34 Å². The van der Waals surface area contributed by atoms with Gasteiger partial charge in [-0.25, -0.2) is 0 Å². The molecular formula is C48H93N3O4. The number of esters is 2.